The topological polar surface area (TPSA) is 116 Å². The number of nitro benzene ring substituents is 1. The van der Waals surface area contributed by atoms with E-state index >= 15 is 0 Å². The van der Waals surface area contributed by atoms with E-state index in [1.54, 1.807) is 0 Å². The minimum Gasteiger partial charge on any atom is -0.493 e. The van der Waals surface area contributed by atoms with Crippen molar-refractivity contribution in [2.45, 2.75) is 17.7 Å². The van der Waals surface area contributed by atoms with Crippen molar-refractivity contribution in [3.05, 3.63) is 58.6 Å². The lowest BCUT2D eigenvalue weighted by Crippen LogP contribution is -2.36. The Labute approximate surface area is 157 Å². The number of nitro groups is 1. The smallest absolute Gasteiger partial charge is 0.270 e. The van der Waals surface area contributed by atoms with E-state index in [0.717, 1.165) is 24.7 Å². The van der Waals surface area contributed by atoms with Crippen LogP contribution >= 0.6 is 0 Å². The van der Waals surface area contributed by atoms with Crippen LogP contribution < -0.4 is 14.8 Å². The van der Waals surface area contributed by atoms with Crippen molar-refractivity contribution in [1.82, 2.24) is 0 Å². The monoisotopic (exact) mass is 391 g/mol. The van der Waals surface area contributed by atoms with Crippen LogP contribution in [0.25, 0.3) is 0 Å². The van der Waals surface area contributed by atoms with E-state index < -0.39 is 14.9 Å². The maximum absolute atomic E-state index is 11.9. The van der Waals surface area contributed by atoms with E-state index in [-0.39, 0.29) is 10.6 Å². The van der Waals surface area contributed by atoms with E-state index in [0.29, 0.717) is 31.3 Å². The van der Waals surface area contributed by atoms with E-state index in [1.807, 2.05) is 35.2 Å². The second-order valence-electron chi connectivity index (χ2n) is 6.51. The summed E-state index contributed by atoms with van der Waals surface area (Å²) >= 11 is 0. The zero-order valence-electron chi connectivity index (χ0n) is 14.7. The fraction of sp³-hybridized carbons (Fsp3) is 0.333. The summed E-state index contributed by atoms with van der Waals surface area (Å²) in [4.78, 5) is 12.0. The summed E-state index contributed by atoms with van der Waals surface area (Å²) in [7, 11) is -4.07. The van der Waals surface area contributed by atoms with Gasteiger partial charge in [0, 0.05) is 25.2 Å². The molecule has 144 valence electrons. The highest BCUT2D eigenvalue weighted by atomic mass is 32.2. The Morgan fingerprint density at radius 2 is 1.81 bits per heavy atom. The number of ether oxygens (including phenoxy) is 1. The fourth-order valence-electron chi connectivity index (χ4n) is 3.18. The van der Waals surface area contributed by atoms with Crippen LogP contribution in [0.15, 0.2) is 53.4 Å². The first-order chi connectivity index (χ1) is 12.8. The van der Waals surface area contributed by atoms with Crippen LogP contribution in [0.5, 0.6) is 5.75 Å². The molecule has 1 aliphatic rings. The first-order valence-corrected chi connectivity index (χ1v) is 10.1. The predicted octanol–water partition coefficient (Wildman–Crippen LogP) is 2.54. The highest BCUT2D eigenvalue weighted by Gasteiger charge is 2.26. The quantitative estimate of drug-likeness (QED) is 0.597. The number of para-hydroxylation sites is 1. The van der Waals surface area contributed by atoms with Crippen LogP contribution in [-0.4, -0.2) is 33.0 Å². The molecule has 1 aliphatic heterocycles. The number of anilines is 1. The third kappa shape index (κ3) is 4.75. The SMILES string of the molecule is NS(=O)(=O)c1cc([N+](=O)[O-])ccc1N1CCC(COc2ccccc2)CC1. The number of piperidine rings is 1. The van der Waals surface area contributed by atoms with E-state index in [4.69, 9.17) is 9.88 Å². The van der Waals surface area contributed by atoms with Crippen molar-refractivity contribution < 1.29 is 18.1 Å². The molecule has 0 spiro atoms. The van der Waals surface area contributed by atoms with Crippen LogP contribution in [0.1, 0.15) is 12.8 Å². The number of sulfonamides is 1. The molecule has 0 bridgehead atoms. The molecular weight excluding hydrogens is 370 g/mol. The van der Waals surface area contributed by atoms with Crippen LogP contribution in [0, 0.1) is 16.0 Å². The molecule has 9 heteroatoms. The lowest BCUT2D eigenvalue weighted by Gasteiger charge is -2.34. The minimum absolute atomic E-state index is 0.212. The van der Waals surface area contributed by atoms with Crippen LogP contribution in [0.4, 0.5) is 11.4 Å². The minimum atomic E-state index is -4.07. The Morgan fingerprint density at radius 3 is 2.41 bits per heavy atom. The van der Waals surface area contributed by atoms with Crippen molar-refractivity contribution in [3.63, 3.8) is 0 Å². The molecule has 0 radical (unpaired) electrons. The fourth-order valence-corrected chi connectivity index (χ4v) is 3.95. The molecule has 0 amide bonds. The highest BCUT2D eigenvalue weighted by Crippen LogP contribution is 2.31. The maximum Gasteiger partial charge on any atom is 0.270 e. The van der Waals surface area contributed by atoms with Crippen molar-refractivity contribution in [1.29, 1.82) is 0 Å². The summed E-state index contributed by atoms with van der Waals surface area (Å²) in [5.74, 6) is 1.18. The number of hydrogen-bond acceptors (Lipinski definition) is 6. The van der Waals surface area contributed by atoms with Gasteiger partial charge in [0.2, 0.25) is 10.0 Å². The number of primary sulfonamides is 1. The largest absolute Gasteiger partial charge is 0.493 e. The summed E-state index contributed by atoms with van der Waals surface area (Å²) in [5, 5.41) is 16.2. The van der Waals surface area contributed by atoms with Gasteiger partial charge in [0.25, 0.3) is 5.69 Å². The molecule has 0 atom stereocenters. The number of nitrogens with two attached hydrogens (primary N) is 1. The third-order valence-electron chi connectivity index (χ3n) is 4.64. The molecule has 1 saturated heterocycles. The summed E-state index contributed by atoms with van der Waals surface area (Å²) in [6, 6.07) is 13.4. The standard InChI is InChI=1S/C18H21N3O5S/c19-27(24,25)18-12-15(21(22)23)6-7-17(18)20-10-8-14(9-11-20)13-26-16-4-2-1-3-5-16/h1-7,12,14H,8-11,13H2,(H2,19,24,25). The Balaban J connectivity index is 1.68. The lowest BCUT2D eigenvalue weighted by atomic mass is 9.97. The Morgan fingerprint density at radius 1 is 1.15 bits per heavy atom. The van der Waals surface area contributed by atoms with Gasteiger partial charge in [-0.3, -0.25) is 10.1 Å². The Bertz CT molecular complexity index is 910. The molecule has 0 saturated carbocycles. The molecule has 0 aliphatic carbocycles. The average molecular weight is 391 g/mol. The molecule has 3 rings (SSSR count). The van der Waals surface area contributed by atoms with E-state index in [9.17, 15) is 18.5 Å². The molecule has 0 aromatic heterocycles. The average Bonchev–Trinajstić information content (AvgIpc) is 2.66. The second-order valence-corrected chi connectivity index (χ2v) is 8.04. The van der Waals surface area contributed by atoms with Gasteiger partial charge in [0.1, 0.15) is 10.6 Å². The van der Waals surface area contributed by atoms with Gasteiger partial charge in [-0.2, -0.15) is 0 Å². The van der Waals surface area contributed by atoms with Crippen molar-refractivity contribution in [2.24, 2.45) is 11.1 Å². The van der Waals surface area contributed by atoms with Gasteiger partial charge in [0.05, 0.1) is 17.2 Å². The Hall–Kier alpha value is -2.65. The zero-order chi connectivity index (χ0) is 19.4. The van der Waals surface area contributed by atoms with E-state index in [1.165, 1.54) is 12.1 Å². The highest BCUT2D eigenvalue weighted by molar-refractivity contribution is 7.89. The Kier molecular flexibility index (Phi) is 5.62. The number of nitrogens with zero attached hydrogens (tertiary/aromatic N) is 2. The van der Waals surface area contributed by atoms with Crippen molar-refractivity contribution >= 4 is 21.4 Å². The van der Waals surface area contributed by atoms with Gasteiger partial charge in [-0.15, -0.1) is 0 Å². The molecule has 27 heavy (non-hydrogen) atoms. The molecule has 1 fully saturated rings. The lowest BCUT2D eigenvalue weighted by molar-refractivity contribution is -0.385. The number of rotatable bonds is 6. The summed E-state index contributed by atoms with van der Waals surface area (Å²) in [6.07, 6.45) is 1.65. The number of hydrogen-bond donors (Lipinski definition) is 1. The number of benzene rings is 2. The zero-order valence-corrected chi connectivity index (χ0v) is 15.5. The first kappa shape index (κ1) is 19.1. The van der Waals surface area contributed by atoms with Crippen molar-refractivity contribution in [3.8, 4) is 5.75 Å². The van der Waals surface area contributed by atoms with Gasteiger partial charge in [0.15, 0.2) is 0 Å². The van der Waals surface area contributed by atoms with Gasteiger partial charge in [-0.25, -0.2) is 13.6 Å². The molecule has 2 N–H and O–H groups in total. The number of non-ortho nitro benzene ring substituents is 1. The molecule has 1 heterocycles. The van der Waals surface area contributed by atoms with Crippen molar-refractivity contribution in [2.75, 3.05) is 24.6 Å². The molecule has 8 nitrogen and oxygen atoms in total. The van der Waals surface area contributed by atoms with Crippen LogP contribution in [0.2, 0.25) is 0 Å². The summed E-state index contributed by atoms with van der Waals surface area (Å²) in [6.45, 7) is 1.85. The van der Waals surface area contributed by atoms with Gasteiger partial charge < -0.3 is 9.64 Å². The predicted molar refractivity (Wildman–Crippen MR) is 101 cm³/mol. The van der Waals surface area contributed by atoms with Gasteiger partial charge >= 0.3 is 0 Å². The molecule has 2 aromatic rings. The van der Waals surface area contributed by atoms with Gasteiger partial charge in [-0.05, 0) is 37.0 Å². The van der Waals surface area contributed by atoms with Gasteiger partial charge in [-0.1, -0.05) is 18.2 Å². The maximum atomic E-state index is 11.9. The second kappa shape index (κ2) is 7.93. The molecule has 2 aromatic carbocycles. The molecule has 0 unspecified atom stereocenters. The summed E-state index contributed by atoms with van der Waals surface area (Å²) < 4.78 is 29.6. The van der Waals surface area contributed by atoms with Crippen LogP contribution in [-0.2, 0) is 10.0 Å². The van der Waals surface area contributed by atoms with Crippen LogP contribution in [0.3, 0.4) is 0 Å². The van der Waals surface area contributed by atoms with E-state index in [2.05, 4.69) is 0 Å². The molecular formula is C18H21N3O5S. The normalized spacial score (nSPS) is 15.5. The summed E-state index contributed by atoms with van der Waals surface area (Å²) in [5.41, 5.74) is 0.111. The first-order valence-electron chi connectivity index (χ1n) is 8.58. The third-order valence-corrected chi connectivity index (χ3v) is 5.58.